The number of rotatable bonds is 6. The van der Waals surface area contributed by atoms with Crippen LogP contribution in [0.15, 0.2) is 54.1 Å². The SMILES string of the molecule is CCCOc1ccc(/C=C(\C#N)C(=O)Nc2ccc(C)cc2)cc1. The molecule has 2 rings (SSSR count). The lowest BCUT2D eigenvalue weighted by molar-refractivity contribution is -0.112. The molecule has 4 nitrogen and oxygen atoms in total. The fourth-order valence-corrected chi connectivity index (χ4v) is 2.03. The van der Waals surface area contributed by atoms with E-state index in [0.29, 0.717) is 12.3 Å². The van der Waals surface area contributed by atoms with Crippen LogP contribution in [0.25, 0.3) is 6.08 Å². The molecule has 0 unspecified atom stereocenters. The molecule has 4 heteroatoms. The molecule has 1 N–H and O–H groups in total. The average molecular weight is 320 g/mol. The highest BCUT2D eigenvalue weighted by molar-refractivity contribution is 6.09. The largest absolute Gasteiger partial charge is 0.494 e. The van der Waals surface area contributed by atoms with Gasteiger partial charge in [0.2, 0.25) is 0 Å². The number of benzene rings is 2. The Morgan fingerprint density at radius 3 is 2.42 bits per heavy atom. The first-order valence-corrected chi connectivity index (χ1v) is 7.85. The van der Waals surface area contributed by atoms with Crippen LogP contribution >= 0.6 is 0 Å². The van der Waals surface area contributed by atoms with Crippen molar-refractivity contribution in [3.8, 4) is 11.8 Å². The minimum atomic E-state index is -0.423. The lowest BCUT2D eigenvalue weighted by atomic mass is 10.1. The second-order valence-electron chi connectivity index (χ2n) is 5.41. The van der Waals surface area contributed by atoms with Crippen LogP contribution in [0.5, 0.6) is 5.75 Å². The van der Waals surface area contributed by atoms with Gasteiger partial charge in [0, 0.05) is 5.69 Å². The van der Waals surface area contributed by atoms with Gasteiger partial charge in [0.15, 0.2) is 0 Å². The summed E-state index contributed by atoms with van der Waals surface area (Å²) in [7, 11) is 0. The maximum atomic E-state index is 12.2. The summed E-state index contributed by atoms with van der Waals surface area (Å²) in [6.07, 6.45) is 2.51. The highest BCUT2D eigenvalue weighted by Gasteiger charge is 2.09. The molecule has 0 radical (unpaired) electrons. The van der Waals surface area contributed by atoms with Crippen molar-refractivity contribution in [3.63, 3.8) is 0 Å². The molecule has 0 spiro atoms. The molecule has 2 aromatic carbocycles. The van der Waals surface area contributed by atoms with Crippen molar-refractivity contribution in [2.45, 2.75) is 20.3 Å². The zero-order chi connectivity index (χ0) is 17.4. The summed E-state index contributed by atoms with van der Waals surface area (Å²) >= 11 is 0. The summed E-state index contributed by atoms with van der Waals surface area (Å²) in [5.41, 5.74) is 2.59. The zero-order valence-corrected chi connectivity index (χ0v) is 13.9. The van der Waals surface area contributed by atoms with Gasteiger partial charge in [-0.3, -0.25) is 4.79 Å². The van der Waals surface area contributed by atoms with Gasteiger partial charge in [-0.2, -0.15) is 5.26 Å². The number of carbonyl (C=O) groups excluding carboxylic acids is 1. The van der Waals surface area contributed by atoms with Crippen molar-refractivity contribution in [3.05, 3.63) is 65.2 Å². The molecule has 0 aliphatic heterocycles. The summed E-state index contributed by atoms with van der Waals surface area (Å²) in [4.78, 5) is 12.2. The molecule has 0 saturated carbocycles. The Hall–Kier alpha value is -3.06. The summed E-state index contributed by atoms with van der Waals surface area (Å²) in [5.74, 6) is 0.351. The maximum absolute atomic E-state index is 12.2. The Bertz CT molecular complexity index is 754. The number of aryl methyl sites for hydroxylation is 1. The van der Waals surface area contributed by atoms with Crippen LogP contribution in [-0.2, 0) is 4.79 Å². The third kappa shape index (κ3) is 4.99. The van der Waals surface area contributed by atoms with Gasteiger partial charge in [-0.1, -0.05) is 36.8 Å². The van der Waals surface area contributed by atoms with Gasteiger partial charge < -0.3 is 10.1 Å². The number of ether oxygens (including phenoxy) is 1. The summed E-state index contributed by atoms with van der Waals surface area (Å²) in [6, 6.07) is 16.7. The number of carbonyl (C=O) groups is 1. The molecule has 24 heavy (non-hydrogen) atoms. The quantitative estimate of drug-likeness (QED) is 0.636. The highest BCUT2D eigenvalue weighted by atomic mass is 16.5. The maximum Gasteiger partial charge on any atom is 0.266 e. The van der Waals surface area contributed by atoms with Gasteiger partial charge in [0.25, 0.3) is 5.91 Å². The van der Waals surface area contributed by atoms with E-state index in [1.807, 2.05) is 68.4 Å². The van der Waals surface area contributed by atoms with Gasteiger partial charge in [-0.15, -0.1) is 0 Å². The second-order valence-corrected chi connectivity index (χ2v) is 5.41. The van der Waals surface area contributed by atoms with Gasteiger partial charge in [-0.25, -0.2) is 0 Å². The summed E-state index contributed by atoms with van der Waals surface area (Å²) in [5, 5.41) is 12.0. The molecule has 0 atom stereocenters. The minimum absolute atomic E-state index is 0.0535. The molecule has 0 aromatic heterocycles. The van der Waals surface area contributed by atoms with E-state index in [2.05, 4.69) is 5.32 Å². The molecule has 0 heterocycles. The lowest BCUT2D eigenvalue weighted by Crippen LogP contribution is -2.13. The first-order valence-electron chi connectivity index (χ1n) is 7.85. The molecule has 0 fully saturated rings. The van der Waals surface area contributed by atoms with E-state index in [9.17, 15) is 10.1 Å². The van der Waals surface area contributed by atoms with Gasteiger partial charge in [0.05, 0.1) is 6.61 Å². The normalized spacial score (nSPS) is 10.8. The van der Waals surface area contributed by atoms with E-state index in [0.717, 1.165) is 23.3 Å². The smallest absolute Gasteiger partial charge is 0.266 e. The Labute approximate surface area is 142 Å². The minimum Gasteiger partial charge on any atom is -0.494 e. The molecule has 1 amide bonds. The molecule has 2 aromatic rings. The van der Waals surface area contributed by atoms with Gasteiger partial charge in [-0.05, 0) is 49.2 Å². The molecule has 122 valence electrons. The Balaban J connectivity index is 2.09. The van der Waals surface area contributed by atoms with Crippen molar-refractivity contribution >= 4 is 17.7 Å². The van der Waals surface area contributed by atoms with Gasteiger partial charge in [0.1, 0.15) is 17.4 Å². The second kappa shape index (κ2) is 8.54. The highest BCUT2D eigenvalue weighted by Crippen LogP contribution is 2.16. The molecule has 0 aliphatic carbocycles. The van der Waals surface area contributed by atoms with E-state index in [1.165, 1.54) is 0 Å². The third-order valence-electron chi connectivity index (χ3n) is 3.34. The van der Waals surface area contributed by atoms with Gasteiger partial charge >= 0.3 is 0 Å². The number of nitriles is 1. The van der Waals surface area contributed by atoms with Crippen LogP contribution in [0.3, 0.4) is 0 Å². The van der Waals surface area contributed by atoms with Crippen LogP contribution in [-0.4, -0.2) is 12.5 Å². The predicted octanol–water partition coefficient (Wildman–Crippen LogP) is 4.33. The zero-order valence-electron chi connectivity index (χ0n) is 13.9. The van der Waals surface area contributed by atoms with Crippen LogP contribution in [0.1, 0.15) is 24.5 Å². The Morgan fingerprint density at radius 2 is 1.83 bits per heavy atom. The predicted molar refractivity (Wildman–Crippen MR) is 95.6 cm³/mol. The first kappa shape index (κ1) is 17.3. The standard InChI is InChI=1S/C20H20N2O2/c1-3-12-24-19-10-6-16(7-11-19)13-17(14-21)20(23)22-18-8-4-15(2)5-9-18/h4-11,13H,3,12H2,1-2H3,(H,22,23)/b17-13+. The van der Waals surface area contributed by atoms with Crippen molar-refractivity contribution in [1.82, 2.24) is 0 Å². The third-order valence-corrected chi connectivity index (χ3v) is 3.34. The van der Waals surface area contributed by atoms with E-state index >= 15 is 0 Å². The van der Waals surface area contributed by atoms with Crippen LogP contribution < -0.4 is 10.1 Å². The number of amides is 1. The molecule has 0 aliphatic rings. The van der Waals surface area contributed by atoms with E-state index in [-0.39, 0.29) is 5.57 Å². The van der Waals surface area contributed by atoms with Crippen LogP contribution in [0.2, 0.25) is 0 Å². The number of hydrogen-bond donors (Lipinski definition) is 1. The molecule has 0 saturated heterocycles. The van der Waals surface area contributed by atoms with Crippen LogP contribution in [0.4, 0.5) is 5.69 Å². The fourth-order valence-electron chi connectivity index (χ4n) is 2.03. The van der Waals surface area contributed by atoms with Crippen LogP contribution in [0, 0.1) is 18.3 Å². The number of nitrogens with zero attached hydrogens (tertiary/aromatic N) is 1. The number of anilines is 1. The molecular formula is C20H20N2O2. The summed E-state index contributed by atoms with van der Waals surface area (Å²) < 4.78 is 5.51. The fraction of sp³-hybridized carbons (Fsp3) is 0.200. The lowest BCUT2D eigenvalue weighted by Gasteiger charge is -2.06. The van der Waals surface area contributed by atoms with Crippen molar-refractivity contribution in [2.24, 2.45) is 0 Å². The molecular weight excluding hydrogens is 300 g/mol. The van der Waals surface area contributed by atoms with Crippen molar-refractivity contribution in [1.29, 1.82) is 5.26 Å². The van der Waals surface area contributed by atoms with E-state index < -0.39 is 5.91 Å². The number of nitrogens with one attached hydrogen (secondary N) is 1. The van der Waals surface area contributed by atoms with E-state index in [1.54, 1.807) is 6.08 Å². The monoisotopic (exact) mass is 320 g/mol. The first-order chi connectivity index (χ1) is 11.6. The van der Waals surface area contributed by atoms with Crippen molar-refractivity contribution < 1.29 is 9.53 Å². The topological polar surface area (TPSA) is 62.1 Å². The van der Waals surface area contributed by atoms with Crippen molar-refractivity contribution in [2.75, 3.05) is 11.9 Å². The summed E-state index contributed by atoms with van der Waals surface area (Å²) in [6.45, 7) is 4.68. The Kier molecular flexibility index (Phi) is 6.16. The molecule has 0 bridgehead atoms. The van der Waals surface area contributed by atoms with E-state index in [4.69, 9.17) is 4.74 Å². The number of hydrogen-bond acceptors (Lipinski definition) is 3. The average Bonchev–Trinajstić information content (AvgIpc) is 2.60. The Morgan fingerprint density at radius 1 is 1.17 bits per heavy atom.